The van der Waals surface area contributed by atoms with Crippen LogP contribution in [-0.4, -0.2) is 12.0 Å². The van der Waals surface area contributed by atoms with E-state index in [1.807, 2.05) is 7.05 Å². The molecule has 0 aliphatic carbocycles. The molecule has 2 heteroatoms. The highest BCUT2D eigenvalue weighted by molar-refractivity contribution is 5.62. The lowest BCUT2D eigenvalue weighted by atomic mass is 10.0. The van der Waals surface area contributed by atoms with Gasteiger partial charge in [0.05, 0.1) is 0 Å². The third-order valence-electron chi connectivity index (χ3n) is 3.38. The van der Waals surface area contributed by atoms with Crippen LogP contribution in [0.3, 0.4) is 0 Å². The highest BCUT2D eigenvalue weighted by Gasteiger charge is 2.06. The van der Waals surface area contributed by atoms with Crippen molar-refractivity contribution in [3.63, 3.8) is 0 Å². The number of rotatable bonds is 4. The van der Waals surface area contributed by atoms with Crippen LogP contribution in [0.5, 0.6) is 0 Å². The van der Waals surface area contributed by atoms with Crippen molar-refractivity contribution in [3.8, 4) is 11.3 Å². The van der Waals surface area contributed by atoms with Gasteiger partial charge in [0.25, 0.3) is 0 Å². The lowest BCUT2D eigenvalue weighted by Gasteiger charge is -2.05. The Morgan fingerprint density at radius 1 is 1.17 bits per heavy atom. The van der Waals surface area contributed by atoms with Gasteiger partial charge in [0.2, 0.25) is 0 Å². The molecule has 18 heavy (non-hydrogen) atoms. The highest BCUT2D eigenvalue weighted by Crippen LogP contribution is 2.24. The van der Waals surface area contributed by atoms with Crippen molar-refractivity contribution >= 4 is 0 Å². The monoisotopic (exact) mass is 242 g/mol. The van der Waals surface area contributed by atoms with Gasteiger partial charge in [-0.1, -0.05) is 38.1 Å². The summed E-state index contributed by atoms with van der Waals surface area (Å²) in [5.41, 5.74) is 6.42. The van der Waals surface area contributed by atoms with Crippen LogP contribution in [0.1, 0.15) is 36.6 Å². The van der Waals surface area contributed by atoms with Crippen molar-refractivity contribution in [1.29, 1.82) is 0 Å². The van der Waals surface area contributed by atoms with Crippen LogP contribution in [-0.2, 0) is 6.54 Å². The second kappa shape index (κ2) is 5.40. The third kappa shape index (κ3) is 2.65. The highest BCUT2D eigenvalue weighted by atomic mass is 14.8. The predicted octanol–water partition coefficient (Wildman–Crippen LogP) is 3.83. The SMILES string of the molecule is CNCc1cc(-c2ccc(C(C)C)cc2)[nH]c1C. The van der Waals surface area contributed by atoms with Crippen LogP contribution in [0.4, 0.5) is 0 Å². The number of hydrogen-bond donors (Lipinski definition) is 2. The van der Waals surface area contributed by atoms with E-state index in [0.717, 1.165) is 6.54 Å². The molecular formula is C16H22N2. The molecule has 0 aliphatic heterocycles. The zero-order valence-electron chi connectivity index (χ0n) is 11.7. The second-order valence-electron chi connectivity index (χ2n) is 5.14. The number of aromatic amines is 1. The summed E-state index contributed by atoms with van der Waals surface area (Å²) in [7, 11) is 1.98. The molecule has 1 aromatic carbocycles. The molecule has 0 bridgehead atoms. The van der Waals surface area contributed by atoms with E-state index < -0.39 is 0 Å². The van der Waals surface area contributed by atoms with E-state index in [0.29, 0.717) is 5.92 Å². The van der Waals surface area contributed by atoms with E-state index in [2.05, 4.69) is 61.4 Å². The zero-order valence-corrected chi connectivity index (χ0v) is 11.7. The van der Waals surface area contributed by atoms with Gasteiger partial charge in [-0.25, -0.2) is 0 Å². The number of H-pyrrole nitrogens is 1. The molecule has 0 spiro atoms. The summed E-state index contributed by atoms with van der Waals surface area (Å²) in [6.45, 7) is 7.47. The topological polar surface area (TPSA) is 27.8 Å². The summed E-state index contributed by atoms with van der Waals surface area (Å²) >= 11 is 0. The van der Waals surface area contributed by atoms with Crippen LogP contribution in [0, 0.1) is 6.92 Å². The van der Waals surface area contributed by atoms with Gasteiger partial charge in [-0.05, 0) is 42.6 Å². The number of hydrogen-bond acceptors (Lipinski definition) is 1. The number of aryl methyl sites for hydroxylation is 1. The van der Waals surface area contributed by atoms with Crippen molar-refractivity contribution in [2.45, 2.75) is 33.2 Å². The lowest BCUT2D eigenvalue weighted by Crippen LogP contribution is -2.04. The summed E-state index contributed by atoms with van der Waals surface area (Å²) in [5.74, 6) is 0.587. The molecule has 2 N–H and O–H groups in total. The molecule has 2 aromatic rings. The smallest absolute Gasteiger partial charge is 0.0459 e. The Labute approximate surface area is 109 Å². The van der Waals surface area contributed by atoms with E-state index in [1.54, 1.807) is 0 Å². The Morgan fingerprint density at radius 3 is 2.39 bits per heavy atom. The molecular weight excluding hydrogens is 220 g/mol. The number of benzene rings is 1. The van der Waals surface area contributed by atoms with E-state index in [1.165, 1.54) is 28.1 Å². The molecule has 0 aliphatic rings. The molecule has 2 rings (SSSR count). The summed E-state index contributed by atoms with van der Waals surface area (Å²) in [4.78, 5) is 3.45. The van der Waals surface area contributed by atoms with Crippen LogP contribution in [0.25, 0.3) is 11.3 Å². The van der Waals surface area contributed by atoms with E-state index in [9.17, 15) is 0 Å². The van der Waals surface area contributed by atoms with Gasteiger partial charge < -0.3 is 10.3 Å². The fourth-order valence-corrected chi connectivity index (χ4v) is 2.18. The van der Waals surface area contributed by atoms with Crippen molar-refractivity contribution in [3.05, 3.63) is 47.2 Å². The molecule has 1 aromatic heterocycles. The van der Waals surface area contributed by atoms with E-state index in [4.69, 9.17) is 0 Å². The van der Waals surface area contributed by atoms with Gasteiger partial charge in [0.1, 0.15) is 0 Å². The minimum atomic E-state index is 0.587. The van der Waals surface area contributed by atoms with E-state index in [-0.39, 0.29) is 0 Å². The first-order valence-corrected chi connectivity index (χ1v) is 6.55. The molecule has 0 radical (unpaired) electrons. The minimum absolute atomic E-state index is 0.587. The molecule has 96 valence electrons. The standard InChI is InChI=1S/C16H22N2/c1-11(2)13-5-7-14(8-6-13)16-9-15(10-17-4)12(3)18-16/h5-9,11,17-18H,10H2,1-4H3. The zero-order chi connectivity index (χ0) is 13.1. The van der Waals surface area contributed by atoms with Crippen molar-refractivity contribution in [2.75, 3.05) is 7.05 Å². The first kappa shape index (κ1) is 12.9. The summed E-state index contributed by atoms with van der Waals surface area (Å²) in [5, 5.41) is 3.19. The molecule has 2 nitrogen and oxygen atoms in total. The summed E-state index contributed by atoms with van der Waals surface area (Å²) in [6.07, 6.45) is 0. The van der Waals surface area contributed by atoms with Gasteiger partial charge in [-0.3, -0.25) is 0 Å². The van der Waals surface area contributed by atoms with Gasteiger partial charge >= 0.3 is 0 Å². The normalized spacial score (nSPS) is 11.2. The lowest BCUT2D eigenvalue weighted by molar-refractivity contribution is 0.812. The quantitative estimate of drug-likeness (QED) is 0.837. The number of aromatic nitrogens is 1. The van der Waals surface area contributed by atoms with Crippen LogP contribution < -0.4 is 5.32 Å². The third-order valence-corrected chi connectivity index (χ3v) is 3.38. The Hall–Kier alpha value is -1.54. The fourth-order valence-electron chi connectivity index (χ4n) is 2.18. The molecule has 0 saturated heterocycles. The van der Waals surface area contributed by atoms with Gasteiger partial charge in [-0.2, -0.15) is 0 Å². The maximum Gasteiger partial charge on any atom is 0.0459 e. The predicted molar refractivity (Wildman–Crippen MR) is 77.8 cm³/mol. The van der Waals surface area contributed by atoms with Crippen LogP contribution in [0.2, 0.25) is 0 Å². The Balaban J connectivity index is 2.28. The fraction of sp³-hybridized carbons (Fsp3) is 0.375. The average molecular weight is 242 g/mol. The van der Waals surface area contributed by atoms with Crippen LogP contribution >= 0.6 is 0 Å². The average Bonchev–Trinajstić information content (AvgIpc) is 2.72. The summed E-state index contributed by atoms with van der Waals surface area (Å²) < 4.78 is 0. The molecule has 0 saturated carbocycles. The molecule has 0 unspecified atom stereocenters. The largest absolute Gasteiger partial charge is 0.358 e. The molecule has 0 amide bonds. The first-order chi connectivity index (χ1) is 8.61. The van der Waals surface area contributed by atoms with Gasteiger partial charge in [0.15, 0.2) is 0 Å². The molecule has 1 heterocycles. The number of nitrogens with one attached hydrogen (secondary N) is 2. The van der Waals surface area contributed by atoms with Crippen molar-refractivity contribution in [1.82, 2.24) is 10.3 Å². The maximum atomic E-state index is 3.45. The van der Waals surface area contributed by atoms with Crippen molar-refractivity contribution < 1.29 is 0 Å². The molecule has 0 atom stereocenters. The van der Waals surface area contributed by atoms with Crippen molar-refractivity contribution in [2.24, 2.45) is 0 Å². The van der Waals surface area contributed by atoms with Gasteiger partial charge in [-0.15, -0.1) is 0 Å². The summed E-state index contributed by atoms with van der Waals surface area (Å²) in [6, 6.07) is 11.1. The van der Waals surface area contributed by atoms with Gasteiger partial charge in [0, 0.05) is 17.9 Å². The minimum Gasteiger partial charge on any atom is -0.358 e. The molecule has 0 fully saturated rings. The maximum absolute atomic E-state index is 3.45. The van der Waals surface area contributed by atoms with Crippen LogP contribution in [0.15, 0.2) is 30.3 Å². The first-order valence-electron chi connectivity index (χ1n) is 6.55. The Morgan fingerprint density at radius 2 is 1.83 bits per heavy atom. The second-order valence-corrected chi connectivity index (χ2v) is 5.14. The Kier molecular flexibility index (Phi) is 3.87. The Bertz CT molecular complexity index is 506. The van der Waals surface area contributed by atoms with E-state index >= 15 is 0 Å².